The minimum Gasteiger partial charge on any atom is -0.354 e. The van der Waals surface area contributed by atoms with Crippen LogP contribution in [0.2, 0.25) is 0 Å². The Morgan fingerprint density at radius 1 is 1.56 bits per heavy atom. The first-order chi connectivity index (χ1) is 7.66. The molecule has 0 amide bonds. The van der Waals surface area contributed by atoms with Gasteiger partial charge in [-0.05, 0) is 31.5 Å². The van der Waals surface area contributed by atoms with Crippen molar-refractivity contribution in [3.63, 3.8) is 0 Å². The molecule has 16 heavy (non-hydrogen) atoms. The van der Waals surface area contributed by atoms with E-state index in [0.717, 1.165) is 10.6 Å². The molecule has 0 radical (unpaired) electrons. The number of hydrogen-bond donors (Lipinski definition) is 1. The van der Waals surface area contributed by atoms with Gasteiger partial charge in [-0.25, -0.2) is 0 Å². The minimum absolute atomic E-state index is 0.165. The number of ether oxygens (including phenoxy) is 1. The Morgan fingerprint density at radius 3 is 2.94 bits per heavy atom. The van der Waals surface area contributed by atoms with Crippen LogP contribution >= 0.6 is 0 Å². The molecule has 1 N–H and O–H groups in total. The lowest BCUT2D eigenvalue weighted by molar-refractivity contribution is -0.138. The topological polar surface area (TPSA) is 36.0 Å². The van der Waals surface area contributed by atoms with E-state index in [0.29, 0.717) is 6.61 Å². The highest BCUT2D eigenvalue weighted by atomic mass is 16.7. The summed E-state index contributed by atoms with van der Waals surface area (Å²) in [5, 5.41) is 10.8. The van der Waals surface area contributed by atoms with Gasteiger partial charge in [-0.2, -0.15) is 0 Å². The SMILES string of the molecule is Cc1cccc(C#CC(C)N(O)C2CO2)c1. The van der Waals surface area contributed by atoms with Crippen molar-refractivity contribution >= 4 is 0 Å². The Bertz CT molecular complexity index is 429. The van der Waals surface area contributed by atoms with Crippen LogP contribution in [0.25, 0.3) is 0 Å². The molecule has 0 aromatic heterocycles. The lowest BCUT2D eigenvalue weighted by Gasteiger charge is -2.14. The van der Waals surface area contributed by atoms with E-state index in [1.807, 2.05) is 38.1 Å². The summed E-state index contributed by atoms with van der Waals surface area (Å²) in [6.45, 7) is 4.47. The van der Waals surface area contributed by atoms with Crippen LogP contribution in [0.4, 0.5) is 0 Å². The number of aryl methyl sites for hydroxylation is 1. The number of benzene rings is 1. The molecule has 84 valence electrons. The third-order valence-corrected chi connectivity index (χ3v) is 2.45. The summed E-state index contributed by atoms with van der Waals surface area (Å²) in [5.74, 6) is 6.03. The zero-order chi connectivity index (χ0) is 11.5. The average molecular weight is 217 g/mol. The fraction of sp³-hybridized carbons (Fsp3) is 0.385. The van der Waals surface area contributed by atoms with Gasteiger partial charge in [-0.15, -0.1) is 5.06 Å². The predicted octanol–water partition coefficient (Wildman–Crippen LogP) is 1.78. The van der Waals surface area contributed by atoms with E-state index in [1.54, 1.807) is 0 Å². The fourth-order valence-electron chi connectivity index (χ4n) is 1.42. The Kier molecular flexibility index (Phi) is 3.25. The van der Waals surface area contributed by atoms with Crippen molar-refractivity contribution in [2.75, 3.05) is 6.61 Å². The molecule has 1 aromatic rings. The summed E-state index contributed by atoms with van der Waals surface area (Å²) in [6, 6.07) is 7.78. The maximum atomic E-state index is 9.60. The van der Waals surface area contributed by atoms with Crippen molar-refractivity contribution in [2.45, 2.75) is 26.1 Å². The summed E-state index contributed by atoms with van der Waals surface area (Å²) in [5.41, 5.74) is 2.16. The van der Waals surface area contributed by atoms with E-state index >= 15 is 0 Å². The standard InChI is InChI=1S/C13H15NO2/c1-10-4-3-5-12(8-10)7-6-11(2)14(15)13-9-16-13/h3-5,8,11,13,15H,9H2,1-2H3. The molecule has 1 aliphatic heterocycles. The molecule has 0 spiro atoms. The Labute approximate surface area is 95.6 Å². The molecule has 1 heterocycles. The smallest absolute Gasteiger partial charge is 0.157 e. The van der Waals surface area contributed by atoms with Gasteiger partial charge in [-0.3, -0.25) is 0 Å². The Hall–Kier alpha value is -1.34. The molecular weight excluding hydrogens is 202 g/mol. The van der Waals surface area contributed by atoms with Crippen molar-refractivity contribution in [3.05, 3.63) is 35.4 Å². The molecule has 3 nitrogen and oxygen atoms in total. The second-order valence-electron chi connectivity index (χ2n) is 3.98. The van der Waals surface area contributed by atoms with E-state index in [2.05, 4.69) is 11.8 Å². The van der Waals surface area contributed by atoms with Crippen molar-refractivity contribution in [3.8, 4) is 11.8 Å². The number of hydrogen-bond acceptors (Lipinski definition) is 3. The second kappa shape index (κ2) is 4.67. The first-order valence-electron chi connectivity index (χ1n) is 5.34. The largest absolute Gasteiger partial charge is 0.354 e. The summed E-state index contributed by atoms with van der Waals surface area (Å²) in [7, 11) is 0. The van der Waals surface area contributed by atoms with Crippen LogP contribution in [-0.2, 0) is 4.74 Å². The van der Waals surface area contributed by atoms with Crippen LogP contribution in [0.5, 0.6) is 0 Å². The van der Waals surface area contributed by atoms with Gasteiger partial charge in [0.2, 0.25) is 0 Å². The number of nitrogens with zero attached hydrogens (tertiary/aromatic N) is 1. The number of rotatable bonds is 2. The summed E-state index contributed by atoms with van der Waals surface area (Å²) >= 11 is 0. The summed E-state index contributed by atoms with van der Waals surface area (Å²) in [6.07, 6.45) is -0.165. The number of hydroxylamine groups is 2. The average Bonchev–Trinajstić information content (AvgIpc) is 3.09. The highest BCUT2D eigenvalue weighted by Crippen LogP contribution is 2.15. The summed E-state index contributed by atoms with van der Waals surface area (Å²) < 4.78 is 4.97. The van der Waals surface area contributed by atoms with Gasteiger partial charge in [0.1, 0.15) is 0 Å². The van der Waals surface area contributed by atoms with Crippen molar-refractivity contribution in [1.29, 1.82) is 0 Å². The molecule has 0 bridgehead atoms. The van der Waals surface area contributed by atoms with Crippen molar-refractivity contribution in [2.24, 2.45) is 0 Å². The van der Waals surface area contributed by atoms with Gasteiger partial charge in [0.25, 0.3) is 0 Å². The second-order valence-corrected chi connectivity index (χ2v) is 3.98. The molecule has 2 rings (SSSR count). The van der Waals surface area contributed by atoms with Gasteiger partial charge in [0.05, 0.1) is 12.6 Å². The zero-order valence-electron chi connectivity index (χ0n) is 9.47. The quantitative estimate of drug-likeness (QED) is 0.466. The molecule has 3 heteroatoms. The lowest BCUT2D eigenvalue weighted by atomic mass is 10.1. The predicted molar refractivity (Wildman–Crippen MR) is 60.9 cm³/mol. The molecule has 0 saturated carbocycles. The first kappa shape index (κ1) is 11.2. The Morgan fingerprint density at radius 2 is 2.31 bits per heavy atom. The van der Waals surface area contributed by atoms with Gasteiger partial charge in [0.15, 0.2) is 6.23 Å². The van der Waals surface area contributed by atoms with Gasteiger partial charge in [-0.1, -0.05) is 24.0 Å². The van der Waals surface area contributed by atoms with Crippen molar-refractivity contribution in [1.82, 2.24) is 5.06 Å². The van der Waals surface area contributed by atoms with E-state index in [9.17, 15) is 5.21 Å². The lowest BCUT2D eigenvalue weighted by Crippen LogP contribution is -2.31. The fourth-order valence-corrected chi connectivity index (χ4v) is 1.42. The van der Waals surface area contributed by atoms with E-state index < -0.39 is 0 Å². The zero-order valence-corrected chi connectivity index (χ0v) is 9.47. The van der Waals surface area contributed by atoms with Gasteiger partial charge in [0, 0.05) is 5.56 Å². The van der Waals surface area contributed by atoms with Gasteiger partial charge >= 0.3 is 0 Å². The van der Waals surface area contributed by atoms with Crippen LogP contribution in [0.3, 0.4) is 0 Å². The molecule has 1 aromatic carbocycles. The highest BCUT2D eigenvalue weighted by Gasteiger charge is 2.32. The van der Waals surface area contributed by atoms with E-state index in [1.165, 1.54) is 5.56 Å². The monoisotopic (exact) mass is 217 g/mol. The molecular formula is C13H15NO2. The van der Waals surface area contributed by atoms with Crippen LogP contribution in [0.15, 0.2) is 24.3 Å². The molecule has 1 saturated heterocycles. The first-order valence-corrected chi connectivity index (χ1v) is 5.34. The molecule has 1 fully saturated rings. The maximum absolute atomic E-state index is 9.60. The molecule has 0 aliphatic carbocycles. The minimum atomic E-state index is -0.215. The normalized spacial score (nSPS) is 20.1. The van der Waals surface area contributed by atoms with Crippen LogP contribution in [0.1, 0.15) is 18.1 Å². The molecule has 1 aliphatic rings. The maximum Gasteiger partial charge on any atom is 0.157 e. The van der Waals surface area contributed by atoms with Crippen molar-refractivity contribution < 1.29 is 9.94 Å². The van der Waals surface area contributed by atoms with Gasteiger partial charge < -0.3 is 9.94 Å². The van der Waals surface area contributed by atoms with Crippen LogP contribution in [0, 0.1) is 18.8 Å². The highest BCUT2D eigenvalue weighted by molar-refractivity contribution is 5.37. The van der Waals surface area contributed by atoms with E-state index in [-0.39, 0.29) is 12.3 Å². The Balaban J connectivity index is 2.03. The van der Waals surface area contributed by atoms with Crippen LogP contribution in [-0.4, -0.2) is 29.1 Å². The third-order valence-electron chi connectivity index (χ3n) is 2.45. The number of epoxide rings is 1. The summed E-state index contributed by atoms with van der Waals surface area (Å²) in [4.78, 5) is 0. The van der Waals surface area contributed by atoms with Crippen LogP contribution < -0.4 is 0 Å². The van der Waals surface area contributed by atoms with E-state index in [4.69, 9.17) is 4.74 Å². The molecule has 2 unspecified atom stereocenters. The molecule has 2 atom stereocenters. The third kappa shape index (κ3) is 2.83.